The van der Waals surface area contributed by atoms with Crippen molar-refractivity contribution >= 4 is 25.1 Å². The van der Waals surface area contributed by atoms with E-state index in [1.807, 2.05) is 12.1 Å². The van der Waals surface area contributed by atoms with Crippen molar-refractivity contribution in [1.82, 2.24) is 9.38 Å². The van der Waals surface area contributed by atoms with E-state index in [1.165, 1.54) is 15.7 Å². The summed E-state index contributed by atoms with van der Waals surface area (Å²) < 4.78 is 3.40. The number of hydrogen-bond donors (Lipinski definition) is 0. The number of aromatic nitrogens is 2. The van der Waals surface area contributed by atoms with Gasteiger partial charge in [-0.3, -0.25) is 0 Å². The van der Waals surface area contributed by atoms with Gasteiger partial charge in [-0.25, -0.2) is 0 Å². The fraction of sp³-hybridized carbons (Fsp3) is 0.0714. The number of imidazole rings is 1. The van der Waals surface area contributed by atoms with Crippen molar-refractivity contribution in [2.45, 2.75) is 5.82 Å². The monoisotopic (exact) mass is 288 g/mol. The van der Waals surface area contributed by atoms with Gasteiger partial charge in [0, 0.05) is 0 Å². The number of fused-ring (bicyclic) bond motifs is 1. The summed E-state index contributed by atoms with van der Waals surface area (Å²) >= 11 is 0.416. The second-order valence-corrected chi connectivity index (χ2v) is 5.43. The summed E-state index contributed by atoms with van der Waals surface area (Å²) in [4.78, 5) is 4.77. The molecule has 0 amide bonds. The summed E-state index contributed by atoms with van der Waals surface area (Å²) in [5.74, 6) is 3.25. The van der Waals surface area contributed by atoms with Crippen LogP contribution in [-0.2, 0) is 0 Å². The molecule has 0 N–H and O–H groups in total. The maximum atomic E-state index is 4.77. The van der Waals surface area contributed by atoms with E-state index in [-0.39, 0.29) is 0 Å². The predicted molar refractivity (Wildman–Crippen MR) is 71.9 cm³/mol. The third kappa shape index (κ3) is 1.78. The van der Waals surface area contributed by atoms with E-state index in [0.29, 0.717) is 15.0 Å². The number of benzene rings is 1. The molecule has 3 aromatic rings. The zero-order valence-corrected chi connectivity index (χ0v) is 11.2. The zero-order valence-electron chi connectivity index (χ0n) is 9.50. The van der Waals surface area contributed by atoms with Crippen LogP contribution >= 0.6 is 0 Å². The normalized spacial score (nSPS) is 10.9. The van der Waals surface area contributed by atoms with Gasteiger partial charge >= 0.3 is 106 Å². The van der Waals surface area contributed by atoms with Crippen LogP contribution in [0.4, 0.5) is 0 Å². The Labute approximate surface area is 106 Å². The molecule has 0 bridgehead atoms. The molecule has 1 aromatic carbocycles. The molecule has 0 saturated carbocycles. The molecule has 0 aliphatic rings. The predicted octanol–water partition coefficient (Wildman–Crippen LogP) is 2.38. The minimum atomic E-state index is 0.416. The molecule has 3 rings (SSSR count). The van der Waals surface area contributed by atoms with E-state index in [4.69, 9.17) is 4.98 Å². The summed E-state index contributed by atoms with van der Waals surface area (Å²) in [5.41, 5.74) is 2.40. The van der Waals surface area contributed by atoms with Gasteiger partial charge < -0.3 is 0 Å². The summed E-state index contributed by atoms with van der Waals surface area (Å²) in [7, 11) is 0. The van der Waals surface area contributed by atoms with Gasteiger partial charge in [-0.2, -0.15) is 0 Å². The molecule has 0 unspecified atom stereocenters. The van der Waals surface area contributed by atoms with Gasteiger partial charge in [0.05, 0.1) is 0 Å². The Kier molecular flexibility index (Phi) is 2.71. The van der Waals surface area contributed by atoms with Crippen molar-refractivity contribution in [2.24, 2.45) is 0 Å². The Morgan fingerprint density at radius 2 is 1.76 bits per heavy atom. The average molecular weight is 287 g/mol. The molecule has 0 fully saturated rings. The molecule has 0 aliphatic carbocycles. The third-order valence-corrected chi connectivity index (χ3v) is 4.18. The topological polar surface area (TPSA) is 17.3 Å². The second-order valence-electron chi connectivity index (χ2n) is 3.77. The number of nitrogens with zero attached hydrogens (tertiary/aromatic N) is 2. The van der Waals surface area contributed by atoms with Crippen molar-refractivity contribution in [3.8, 4) is 11.4 Å². The molecule has 2 heterocycles. The van der Waals surface area contributed by atoms with Gasteiger partial charge in [0.2, 0.25) is 0 Å². The van der Waals surface area contributed by atoms with Crippen LogP contribution in [0.5, 0.6) is 0 Å². The van der Waals surface area contributed by atoms with Crippen molar-refractivity contribution in [2.75, 3.05) is 0 Å². The van der Waals surface area contributed by atoms with E-state index in [9.17, 15) is 0 Å². The van der Waals surface area contributed by atoms with E-state index in [1.54, 1.807) is 0 Å². The van der Waals surface area contributed by atoms with Crippen molar-refractivity contribution in [3.63, 3.8) is 0 Å². The van der Waals surface area contributed by atoms with Crippen molar-refractivity contribution in [3.05, 3.63) is 54.7 Å². The van der Waals surface area contributed by atoms with E-state index in [0.717, 1.165) is 5.82 Å². The average Bonchev–Trinajstić information content (AvgIpc) is 2.78. The van der Waals surface area contributed by atoms with Crippen molar-refractivity contribution in [1.29, 1.82) is 0 Å². The van der Waals surface area contributed by atoms with Crippen LogP contribution in [0.2, 0.25) is 5.82 Å². The Hall–Kier alpha value is -1.57. The fourth-order valence-corrected chi connectivity index (χ4v) is 3.11. The summed E-state index contributed by atoms with van der Waals surface area (Å²) in [6.45, 7) is 0. The second kappa shape index (κ2) is 4.36. The fourth-order valence-electron chi connectivity index (χ4n) is 1.95. The van der Waals surface area contributed by atoms with Gasteiger partial charge in [0.15, 0.2) is 0 Å². The summed E-state index contributed by atoms with van der Waals surface area (Å²) in [6, 6.07) is 16.6. The van der Waals surface area contributed by atoms with Crippen LogP contribution in [0.15, 0.2) is 54.7 Å². The molecule has 0 atom stereocenters. The first-order valence-corrected chi connectivity index (χ1v) is 8.03. The van der Waals surface area contributed by atoms with Gasteiger partial charge in [-0.05, 0) is 0 Å². The third-order valence-electron chi connectivity index (χ3n) is 2.74. The minimum absolute atomic E-state index is 0.416. The first kappa shape index (κ1) is 10.6. The molecule has 0 saturated heterocycles. The van der Waals surface area contributed by atoms with Gasteiger partial charge in [0.25, 0.3) is 0 Å². The quantitative estimate of drug-likeness (QED) is 0.662. The molecule has 84 valence electrons. The Bertz CT molecular complexity index is 644. The molecule has 3 heteroatoms. The SMILES string of the molecule is C[Se]c1nc(-c2ccccc2)n2ccccc12. The van der Waals surface area contributed by atoms with Gasteiger partial charge in [-0.15, -0.1) is 0 Å². The standard InChI is InChI=1S/C14H12N2Se/c1-17-14-12-9-5-6-10-16(12)13(15-14)11-7-3-2-4-8-11/h2-10H,1H3. The Morgan fingerprint density at radius 3 is 2.53 bits per heavy atom. The molecule has 0 spiro atoms. The molecular formula is C14H12N2Se. The molecule has 17 heavy (non-hydrogen) atoms. The van der Waals surface area contributed by atoms with Gasteiger partial charge in [0.1, 0.15) is 0 Å². The van der Waals surface area contributed by atoms with Crippen LogP contribution < -0.4 is 4.59 Å². The molecule has 0 radical (unpaired) electrons. The molecule has 2 nitrogen and oxygen atoms in total. The molecule has 0 aliphatic heterocycles. The van der Waals surface area contributed by atoms with Gasteiger partial charge in [-0.1, -0.05) is 0 Å². The molecular weight excluding hydrogens is 275 g/mol. The van der Waals surface area contributed by atoms with Crippen LogP contribution in [0, 0.1) is 0 Å². The van der Waals surface area contributed by atoms with Crippen LogP contribution in [-0.4, -0.2) is 24.3 Å². The maximum absolute atomic E-state index is 4.77. The van der Waals surface area contributed by atoms with E-state index < -0.39 is 0 Å². The van der Waals surface area contributed by atoms with Crippen LogP contribution in [0.3, 0.4) is 0 Å². The summed E-state index contributed by atoms with van der Waals surface area (Å²) in [6.07, 6.45) is 2.08. The number of hydrogen-bond acceptors (Lipinski definition) is 1. The zero-order chi connectivity index (χ0) is 11.7. The van der Waals surface area contributed by atoms with E-state index >= 15 is 0 Å². The van der Waals surface area contributed by atoms with E-state index in [2.05, 4.69) is 52.8 Å². The summed E-state index contributed by atoms with van der Waals surface area (Å²) in [5, 5.41) is 0. The number of pyridine rings is 1. The first-order chi connectivity index (χ1) is 8.40. The number of rotatable bonds is 2. The Balaban J connectivity index is 2.31. The molecule has 2 aromatic heterocycles. The first-order valence-electron chi connectivity index (χ1n) is 5.46. The van der Waals surface area contributed by atoms with Crippen molar-refractivity contribution < 1.29 is 0 Å². The van der Waals surface area contributed by atoms with Crippen LogP contribution in [0.25, 0.3) is 16.9 Å². The Morgan fingerprint density at radius 1 is 1.00 bits per heavy atom. The van der Waals surface area contributed by atoms with Crippen LogP contribution in [0.1, 0.15) is 0 Å².